The lowest BCUT2D eigenvalue weighted by Gasteiger charge is -2.14. The second kappa shape index (κ2) is 8.92. The minimum absolute atomic E-state index is 0.0611. The molecular formula is C26H23FN6OS. The summed E-state index contributed by atoms with van der Waals surface area (Å²) >= 11 is 1.33. The molecule has 4 heterocycles. The summed E-state index contributed by atoms with van der Waals surface area (Å²) in [6, 6.07) is 13.8. The molecule has 0 atom stereocenters. The highest BCUT2D eigenvalue weighted by atomic mass is 32.1. The van der Waals surface area contributed by atoms with Crippen LogP contribution >= 0.6 is 11.5 Å². The van der Waals surface area contributed by atoms with Gasteiger partial charge < -0.3 is 5.32 Å². The van der Waals surface area contributed by atoms with Crippen LogP contribution in [0.3, 0.4) is 0 Å². The number of hydrogen-bond acceptors (Lipinski definition) is 5. The van der Waals surface area contributed by atoms with Crippen molar-refractivity contribution in [2.24, 2.45) is 0 Å². The number of amides is 2. The molecule has 0 saturated carbocycles. The molecule has 35 heavy (non-hydrogen) atoms. The summed E-state index contributed by atoms with van der Waals surface area (Å²) in [4.78, 5) is 22.0. The molecule has 0 spiro atoms. The molecule has 1 aromatic carbocycles. The van der Waals surface area contributed by atoms with E-state index in [0.717, 1.165) is 27.3 Å². The van der Waals surface area contributed by atoms with Crippen molar-refractivity contribution in [1.82, 2.24) is 18.7 Å². The Kier molecular flexibility index (Phi) is 5.78. The zero-order valence-electron chi connectivity index (χ0n) is 19.4. The van der Waals surface area contributed by atoms with E-state index in [2.05, 4.69) is 45.7 Å². The average Bonchev–Trinajstić information content (AvgIpc) is 3.48. The van der Waals surface area contributed by atoms with Crippen LogP contribution in [-0.4, -0.2) is 24.8 Å². The number of aromatic nitrogens is 4. The summed E-state index contributed by atoms with van der Waals surface area (Å²) in [5, 5.41) is 5.21. The van der Waals surface area contributed by atoms with E-state index in [1.54, 1.807) is 24.7 Å². The van der Waals surface area contributed by atoms with Gasteiger partial charge in [-0.25, -0.2) is 14.2 Å². The molecule has 0 unspecified atom stereocenters. The molecule has 0 radical (unpaired) electrons. The largest absolute Gasteiger partial charge is 0.324 e. The fourth-order valence-electron chi connectivity index (χ4n) is 3.65. The van der Waals surface area contributed by atoms with Crippen molar-refractivity contribution in [2.75, 3.05) is 10.6 Å². The summed E-state index contributed by atoms with van der Waals surface area (Å²) in [6.45, 7) is 6.22. The zero-order valence-corrected chi connectivity index (χ0v) is 20.2. The molecule has 0 aliphatic heterocycles. The molecule has 0 aliphatic carbocycles. The van der Waals surface area contributed by atoms with Gasteiger partial charge in [0.1, 0.15) is 17.3 Å². The highest BCUT2D eigenvalue weighted by molar-refractivity contribution is 7.06. The maximum atomic E-state index is 14.9. The number of benzene rings is 1. The van der Waals surface area contributed by atoms with E-state index in [0.29, 0.717) is 11.4 Å². The van der Waals surface area contributed by atoms with Crippen molar-refractivity contribution in [3.8, 4) is 22.4 Å². The number of rotatable bonds is 4. The van der Waals surface area contributed by atoms with Crippen LogP contribution in [-0.2, 0) is 5.41 Å². The number of hydrogen-bond donors (Lipinski definition) is 2. The molecule has 7 nitrogen and oxygen atoms in total. The fraction of sp³-hybridized carbons (Fsp3) is 0.154. The standard InChI is InChI=1S/C26H23FN6OS/c1-26(2,3)22-14-23(32-35-22)31-25(34)30-20-5-4-18(12-19(20)27)21-15-29-24-13-17(8-11-33(21)24)16-6-9-28-10-7-16/h4-15H,1-3H3,(H2,30,31,32,34). The second-order valence-electron chi connectivity index (χ2n) is 9.12. The van der Waals surface area contributed by atoms with Crippen molar-refractivity contribution in [2.45, 2.75) is 26.2 Å². The van der Waals surface area contributed by atoms with Gasteiger partial charge in [-0.15, -0.1) is 0 Å². The van der Waals surface area contributed by atoms with Crippen LogP contribution in [0.15, 0.2) is 73.3 Å². The SMILES string of the molecule is CC(C)(C)c1cc(NC(=O)Nc2ccc(-c3cnc4cc(-c5ccncc5)ccn34)cc2F)ns1. The monoisotopic (exact) mass is 486 g/mol. The van der Waals surface area contributed by atoms with E-state index in [-0.39, 0.29) is 11.1 Å². The van der Waals surface area contributed by atoms with Crippen LogP contribution in [0.2, 0.25) is 0 Å². The van der Waals surface area contributed by atoms with Crippen molar-refractivity contribution in [3.63, 3.8) is 0 Å². The first-order valence-corrected chi connectivity index (χ1v) is 11.8. The zero-order chi connectivity index (χ0) is 24.6. The predicted octanol–water partition coefficient (Wildman–Crippen LogP) is 6.60. The van der Waals surface area contributed by atoms with Gasteiger partial charge in [-0.05, 0) is 70.5 Å². The van der Waals surface area contributed by atoms with Gasteiger partial charge in [0, 0.05) is 29.0 Å². The molecular weight excluding hydrogens is 463 g/mol. The minimum Gasteiger partial charge on any atom is -0.305 e. The molecule has 5 rings (SSSR count). The average molecular weight is 487 g/mol. The quantitative estimate of drug-likeness (QED) is 0.300. The van der Waals surface area contributed by atoms with Crippen LogP contribution in [0.4, 0.5) is 20.7 Å². The van der Waals surface area contributed by atoms with Gasteiger partial charge in [0.25, 0.3) is 0 Å². The number of carbonyl (C=O) groups is 1. The van der Waals surface area contributed by atoms with Gasteiger partial charge in [-0.2, -0.15) is 4.37 Å². The molecule has 0 aliphatic rings. The van der Waals surface area contributed by atoms with Crippen LogP contribution in [0, 0.1) is 5.82 Å². The summed E-state index contributed by atoms with van der Waals surface area (Å²) in [6.07, 6.45) is 7.10. The first kappa shape index (κ1) is 22.7. The molecule has 176 valence electrons. The smallest absolute Gasteiger partial charge is 0.305 e. The van der Waals surface area contributed by atoms with Gasteiger partial charge in [-0.1, -0.05) is 26.8 Å². The normalized spacial score (nSPS) is 11.5. The van der Waals surface area contributed by atoms with E-state index >= 15 is 0 Å². The molecule has 4 aromatic heterocycles. The summed E-state index contributed by atoms with van der Waals surface area (Å²) in [7, 11) is 0. The second-order valence-corrected chi connectivity index (χ2v) is 9.93. The Balaban J connectivity index is 1.33. The first-order valence-electron chi connectivity index (χ1n) is 11.0. The number of halogens is 1. The van der Waals surface area contributed by atoms with Crippen LogP contribution < -0.4 is 10.6 Å². The summed E-state index contributed by atoms with van der Waals surface area (Å²) in [5.41, 5.74) is 4.21. The molecule has 2 N–H and O–H groups in total. The highest BCUT2D eigenvalue weighted by Crippen LogP contribution is 2.29. The van der Waals surface area contributed by atoms with Gasteiger partial charge in [0.15, 0.2) is 0 Å². The number of pyridine rings is 2. The van der Waals surface area contributed by atoms with Gasteiger partial charge in [0.2, 0.25) is 0 Å². The van der Waals surface area contributed by atoms with Gasteiger partial charge in [0.05, 0.1) is 17.6 Å². The topological polar surface area (TPSA) is 84.2 Å². The lowest BCUT2D eigenvalue weighted by Crippen LogP contribution is -2.20. The predicted molar refractivity (Wildman–Crippen MR) is 137 cm³/mol. The Hall–Kier alpha value is -4.11. The van der Waals surface area contributed by atoms with E-state index < -0.39 is 11.8 Å². The minimum atomic E-state index is -0.555. The Morgan fingerprint density at radius 1 is 0.971 bits per heavy atom. The van der Waals surface area contributed by atoms with Crippen molar-refractivity contribution < 1.29 is 9.18 Å². The van der Waals surface area contributed by atoms with Crippen molar-refractivity contribution in [1.29, 1.82) is 0 Å². The van der Waals surface area contributed by atoms with E-state index in [1.807, 2.05) is 40.9 Å². The highest BCUT2D eigenvalue weighted by Gasteiger charge is 2.18. The van der Waals surface area contributed by atoms with Crippen molar-refractivity contribution >= 4 is 34.7 Å². The summed E-state index contributed by atoms with van der Waals surface area (Å²) < 4.78 is 21.0. The van der Waals surface area contributed by atoms with E-state index in [1.165, 1.54) is 23.7 Å². The maximum absolute atomic E-state index is 14.9. The van der Waals surface area contributed by atoms with Crippen molar-refractivity contribution in [3.05, 3.63) is 84.0 Å². The number of urea groups is 1. The number of fused-ring (bicyclic) bond motifs is 1. The number of nitrogens with zero attached hydrogens (tertiary/aromatic N) is 4. The Morgan fingerprint density at radius 3 is 2.49 bits per heavy atom. The Morgan fingerprint density at radius 2 is 1.77 bits per heavy atom. The Labute approximate surface area is 205 Å². The van der Waals surface area contributed by atoms with Crippen LogP contribution in [0.5, 0.6) is 0 Å². The maximum Gasteiger partial charge on any atom is 0.324 e. The fourth-order valence-corrected chi connectivity index (χ4v) is 4.38. The number of nitrogens with one attached hydrogen (secondary N) is 2. The lowest BCUT2D eigenvalue weighted by atomic mass is 9.95. The van der Waals surface area contributed by atoms with Gasteiger partial charge >= 0.3 is 6.03 Å². The first-order chi connectivity index (χ1) is 16.8. The molecule has 9 heteroatoms. The Bertz CT molecular complexity index is 1520. The molecule has 2 amide bonds. The van der Waals surface area contributed by atoms with Crippen LogP contribution in [0.1, 0.15) is 25.6 Å². The summed E-state index contributed by atoms with van der Waals surface area (Å²) in [5.74, 6) is -0.110. The third-order valence-electron chi connectivity index (χ3n) is 5.53. The number of anilines is 2. The van der Waals surface area contributed by atoms with E-state index in [4.69, 9.17) is 0 Å². The number of carbonyl (C=O) groups excluding carboxylic acids is 1. The molecule has 0 fully saturated rings. The third-order valence-corrected chi connectivity index (χ3v) is 6.75. The third kappa shape index (κ3) is 4.76. The molecule has 0 bridgehead atoms. The van der Waals surface area contributed by atoms with E-state index in [9.17, 15) is 9.18 Å². The number of imidazole rings is 1. The molecule has 5 aromatic rings. The van der Waals surface area contributed by atoms with Crippen LogP contribution in [0.25, 0.3) is 28.0 Å². The molecule has 0 saturated heterocycles. The lowest BCUT2D eigenvalue weighted by molar-refractivity contribution is 0.262. The van der Waals surface area contributed by atoms with Gasteiger partial charge in [-0.3, -0.25) is 14.7 Å².